The Morgan fingerprint density at radius 1 is 1.25 bits per heavy atom. The molecule has 0 amide bonds. The van der Waals surface area contributed by atoms with Gasteiger partial charge in [0.25, 0.3) is 0 Å². The van der Waals surface area contributed by atoms with E-state index in [1.807, 2.05) is 36.2 Å². The predicted octanol–water partition coefficient (Wildman–Crippen LogP) is 3.08. The summed E-state index contributed by atoms with van der Waals surface area (Å²) in [5.74, 6) is 0.843. The fourth-order valence-electron chi connectivity index (χ4n) is 1.25. The summed E-state index contributed by atoms with van der Waals surface area (Å²) in [5, 5.41) is 8.81. The van der Waals surface area contributed by atoms with Crippen molar-refractivity contribution < 1.29 is 4.74 Å². The van der Waals surface area contributed by atoms with Crippen LogP contribution in [0.4, 0.5) is 10.8 Å². The van der Waals surface area contributed by atoms with Crippen LogP contribution in [0, 0.1) is 0 Å². The molecule has 1 heterocycles. The van der Waals surface area contributed by atoms with Crippen molar-refractivity contribution in [1.82, 2.24) is 10.2 Å². The molecule has 0 fully saturated rings. The van der Waals surface area contributed by atoms with E-state index in [4.69, 9.17) is 4.74 Å². The molecule has 2 rings (SSSR count). The number of nitrogens with zero attached hydrogens (tertiary/aromatic N) is 3. The Hall–Kier alpha value is -1.14. The van der Waals surface area contributed by atoms with E-state index < -0.39 is 0 Å². The first-order valence-corrected chi connectivity index (χ1v) is 6.18. The largest absolute Gasteiger partial charge is 0.497 e. The van der Waals surface area contributed by atoms with Gasteiger partial charge in [-0.05, 0) is 40.2 Å². The lowest BCUT2D eigenvalue weighted by atomic mass is 10.3. The standard InChI is InChI=1S/C10H10BrN3OS/c1-14(10-13-12-9(11)16-10)7-3-5-8(15-2)6-4-7/h3-6H,1-2H3. The van der Waals surface area contributed by atoms with Gasteiger partial charge >= 0.3 is 0 Å². The first kappa shape index (κ1) is 11.3. The Bertz CT molecular complexity index is 471. The van der Waals surface area contributed by atoms with Crippen LogP contribution < -0.4 is 9.64 Å². The van der Waals surface area contributed by atoms with Gasteiger partial charge < -0.3 is 9.64 Å². The van der Waals surface area contributed by atoms with E-state index in [1.54, 1.807) is 7.11 Å². The molecule has 4 nitrogen and oxygen atoms in total. The minimum atomic E-state index is 0.780. The number of ether oxygens (including phenoxy) is 1. The molecule has 0 radical (unpaired) electrons. The Kier molecular flexibility index (Phi) is 3.40. The van der Waals surface area contributed by atoms with Crippen LogP contribution in [0.2, 0.25) is 0 Å². The molecule has 0 bridgehead atoms. The average Bonchev–Trinajstić information content (AvgIpc) is 2.75. The second-order valence-corrected chi connectivity index (χ2v) is 5.33. The third-order valence-electron chi connectivity index (χ3n) is 2.14. The number of hydrogen-bond acceptors (Lipinski definition) is 5. The summed E-state index contributed by atoms with van der Waals surface area (Å²) in [5.41, 5.74) is 1.05. The van der Waals surface area contributed by atoms with Crippen LogP contribution in [-0.2, 0) is 0 Å². The van der Waals surface area contributed by atoms with Gasteiger partial charge in [-0.2, -0.15) is 0 Å². The minimum Gasteiger partial charge on any atom is -0.497 e. The molecule has 0 aliphatic carbocycles. The van der Waals surface area contributed by atoms with Crippen molar-refractivity contribution in [2.24, 2.45) is 0 Å². The lowest BCUT2D eigenvalue weighted by Crippen LogP contribution is -2.08. The Labute approximate surface area is 106 Å². The number of hydrogen-bond donors (Lipinski definition) is 0. The first-order valence-electron chi connectivity index (χ1n) is 4.57. The minimum absolute atomic E-state index is 0.780. The van der Waals surface area contributed by atoms with Crippen molar-refractivity contribution in [3.05, 3.63) is 28.2 Å². The molecule has 1 aromatic heterocycles. The lowest BCUT2D eigenvalue weighted by molar-refractivity contribution is 0.415. The second-order valence-electron chi connectivity index (χ2n) is 3.09. The summed E-state index contributed by atoms with van der Waals surface area (Å²) in [7, 11) is 3.61. The number of halogens is 1. The number of aromatic nitrogens is 2. The fourth-order valence-corrected chi connectivity index (χ4v) is 2.32. The first-order chi connectivity index (χ1) is 7.70. The van der Waals surface area contributed by atoms with Gasteiger partial charge in [0, 0.05) is 12.7 Å². The SMILES string of the molecule is COc1ccc(N(C)c2nnc(Br)s2)cc1. The van der Waals surface area contributed by atoms with Crippen molar-refractivity contribution >= 4 is 38.1 Å². The molecule has 0 unspecified atom stereocenters. The molecule has 16 heavy (non-hydrogen) atoms. The van der Waals surface area contributed by atoms with Crippen molar-refractivity contribution in [2.75, 3.05) is 19.1 Å². The number of rotatable bonds is 3. The molecule has 0 spiro atoms. The molecule has 0 aliphatic rings. The number of benzene rings is 1. The number of methoxy groups -OCH3 is 1. The fraction of sp³-hybridized carbons (Fsp3) is 0.200. The third-order valence-corrected chi connectivity index (χ3v) is 3.57. The number of anilines is 2. The summed E-state index contributed by atoms with van der Waals surface area (Å²) in [6, 6.07) is 7.80. The predicted molar refractivity (Wildman–Crippen MR) is 68.7 cm³/mol. The van der Waals surface area contributed by atoms with Crippen LogP contribution in [0.3, 0.4) is 0 Å². The summed E-state index contributed by atoms with van der Waals surface area (Å²) >= 11 is 4.78. The lowest BCUT2D eigenvalue weighted by Gasteiger charge is -2.15. The van der Waals surface area contributed by atoms with Crippen LogP contribution in [0.5, 0.6) is 5.75 Å². The summed E-state index contributed by atoms with van der Waals surface area (Å²) in [6.45, 7) is 0. The van der Waals surface area contributed by atoms with Crippen LogP contribution in [-0.4, -0.2) is 24.4 Å². The van der Waals surface area contributed by atoms with Crippen molar-refractivity contribution in [2.45, 2.75) is 0 Å². The Morgan fingerprint density at radius 2 is 1.94 bits per heavy atom. The molecule has 0 aliphatic heterocycles. The molecular weight excluding hydrogens is 290 g/mol. The highest BCUT2D eigenvalue weighted by Gasteiger charge is 2.09. The van der Waals surface area contributed by atoms with E-state index in [1.165, 1.54) is 11.3 Å². The summed E-state index contributed by atoms with van der Waals surface area (Å²) in [4.78, 5) is 1.97. The van der Waals surface area contributed by atoms with Crippen LogP contribution in [0.1, 0.15) is 0 Å². The van der Waals surface area contributed by atoms with Crippen LogP contribution in [0.15, 0.2) is 28.2 Å². The van der Waals surface area contributed by atoms with E-state index >= 15 is 0 Å². The molecule has 0 saturated heterocycles. The molecule has 6 heteroatoms. The topological polar surface area (TPSA) is 38.2 Å². The van der Waals surface area contributed by atoms with Gasteiger partial charge in [0.15, 0.2) is 3.92 Å². The molecule has 1 aromatic carbocycles. The maximum Gasteiger partial charge on any atom is 0.213 e. The second kappa shape index (κ2) is 4.80. The van der Waals surface area contributed by atoms with Crippen molar-refractivity contribution in [1.29, 1.82) is 0 Å². The Morgan fingerprint density at radius 3 is 2.44 bits per heavy atom. The summed E-state index contributed by atoms with van der Waals surface area (Å²) in [6.07, 6.45) is 0. The molecular formula is C10H10BrN3OS. The summed E-state index contributed by atoms with van der Waals surface area (Å²) < 4.78 is 5.89. The molecule has 0 N–H and O–H groups in total. The molecule has 0 saturated carbocycles. The van der Waals surface area contributed by atoms with Gasteiger partial charge in [0.05, 0.1) is 7.11 Å². The normalized spacial score (nSPS) is 10.2. The maximum absolute atomic E-state index is 5.11. The van der Waals surface area contributed by atoms with Gasteiger partial charge in [-0.15, -0.1) is 10.2 Å². The van der Waals surface area contributed by atoms with E-state index in [2.05, 4.69) is 26.1 Å². The van der Waals surface area contributed by atoms with E-state index in [0.717, 1.165) is 20.5 Å². The van der Waals surface area contributed by atoms with E-state index in [0.29, 0.717) is 0 Å². The van der Waals surface area contributed by atoms with E-state index in [9.17, 15) is 0 Å². The molecule has 0 atom stereocenters. The smallest absolute Gasteiger partial charge is 0.213 e. The quantitative estimate of drug-likeness (QED) is 0.873. The van der Waals surface area contributed by atoms with Crippen LogP contribution >= 0.6 is 27.3 Å². The van der Waals surface area contributed by atoms with Crippen molar-refractivity contribution in [3.63, 3.8) is 0 Å². The highest BCUT2D eigenvalue weighted by molar-refractivity contribution is 9.11. The van der Waals surface area contributed by atoms with Crippen LogP contribution in [0.25, 0.3) is 0 Å². The van der Waals surface area contributed by atoms with Gasteiger partial charge in [0.2, 0.25) is 5.13 Å². The Balaban J connectivity index is 2.23. The monoisotopic (exact) mass is 299 g/mol. The van der Waals surface area contributed by atoms with Crippen molar-refractivity contribution in [3.8, 4) is 5.75 Å². The zero-order valence-electron chi connectivity index (χ0n) is 8.85. The highest BCUT2D eigenvalue weighted by atomic mass is 79.9. The van der Waals surface area contributed by atoms with Gasteiger partial charge in [-0.25, -0.2) is 0 Å². The maximum atomic E-state index is 5.11. The molecule has 84 valence electrons. The zero-order chi connectivity index (χ0) is 11.5. The van der Waals surface area contributed by atoms with Gasteiger partial charge in [-0.1, -0.05) is 11.3 Å². The third kappa shape index (κ3) is 2.33. The molecule has 2 aromatic rings. The zero-order valence-corrected chi connectivity index (χ0v) is 11.2. The van der Waals surface area contributed by atoms with Gasteiger partial charge in [0.1, 0.15) is 5.75 Å². The van der Waals surface area contributed by atoms with Gasteiger partial charge in [-0.3, -0.25) is 0 Å². The highest BCUT2D eigenvalue weighted by Crippen LogP contribution is 2.29. The average molecular weight is 300 g/mol. The van der Waals surface area contributed by atoms with E-state index in [-0.39, 0.29) is 0 Å².